The molecule has 0 amide bonds. The van der Waals surface area contributed by atoms with Crippen molar-refractivity contribution in [1.29, 1.82) is 0 Å². The molecule has 0 rings (SSSR count). The van der Waals surface area contributed by atoms with Gasteiger partial charge in [0.05, 0.1) is 12.7 Å². The monoisotopic (exact) mass is 205 g/mol. The van der Waals surface area contributed by atoms with Gasteiger partial charge in [0.2, 0.25) is 0 Å². The molecule has 5 heteroatoms. The first-order chi connectivity index (χ1) is 6.49. The van der Waals surface area contributed by atoms with Gasteiger partial charge in [-0.2, -0.15) is 0 Å². The van der Waals surface area contributed by atoms with Crippen molar-refractivity contribution in [3.05, 3.63) is 0 Å². The maximum atomic E-state index is 11.2. The smallest absolute Gasteiger partial charge is 0.325 e. The minimum absolute atomic E-state index is 0.341. The van der Waals surface area contributed by atoms with Crippen LogP contribution in [0.15, 0.2) is 0 Å². The number of carbonyl (C=O) groups is 1. The zero-order valence-electron chi connectivity index (χ0n) is 8.90. The summed E-state index contributed by atoms with van der Waals surface area (Å²) in [4.78, 5) is 11.2. The summed E-state index contributed by atoms with van der Waals surface area (Å²) in [5.74, 6) is -0.604. The molecule has 84 valence electrons. The van der Waals surface area contributed by atoms with E-state index in [1.165, 1.54) is 6.92 Å². The van der Waals surface area contributed by atoms with E-state index in [0.29, 0.717) is 13.2 Å². The van der Waals surface area contributed by atoms with Crippen molar-refractivity contribution >= 4 is 5.97 Å². The van der Waals surface area contributed by atoms with Crippen LogP contribution in [0.25, 0.3) is 0 Å². The summed E-state index contributed by atoms with van der Waals surface area (Å²) in [6, 6.07) is -0.987. The van der Waals surface area contributed by atoms with Gasteiger partial charge in [-0.05, 0) is 20.8 Å². The molecule has 0 aliphatic heterocycles. The number of aliphatic hydroxyl groups is 1. The highest BCUT2D eigenvalue weighted by Gasteiger charge is 2.22. The predicted octanol–water partition coefficient (Wildman–Crippen LogP) is -0.337. The Balaban J connectivity index is 3.81. The summed E-state index contributed by atoms with van der Waals surface area (Å²) in [5, 5.41) is 9.02. The number of hydrogen-bond acceptors (Lipinski definition) is 5. The number of carbonyl (C=O) groups excluding carboxylic acids is 1. The first-order valence-electron chi connectivity index (χ1n) is 4.70. The van der Waals surface area contributed by atoms with Gasteiger partial charge in [0.25, 0.3) is 0 Å². The first kappa shape index (κ1) is 13.4. The molecule has 3 unspecified atom stereocenters. The van der Waals surface area contributed by atoms with Crippen molar-refractivity contribution in [2.24, 2.45) is 5.73 Å². The van der Waals surface area contributed by atoms with Crippen molar-refractivity contribution < 1.29 is 19.4 Å². The van der Waals surface area contributed by atoms with E-state index in [9.17, 15) is 4.79 Å². The second-order valence-corrected chi connectivity index (χ2v) is 3.17. The highest BCUT2D eigenvalue weighted by molar-refractivity contribution is 5.76. The van der Waals surface area contributed by atoms with Gasteiger partial charge < -0.3 is 20.3 Å². The normalized spacial score (nSPS) is 17.2. The maximum Gasteiger partial charge on any atom is 0.325 e. The molecule has 0 saturated carbocycles. The molecular weight excluding hydrogens is 186 g/mol. The molecule has 3 N–H and O–H groups in total. The minimum atomic E-state index is -0.987. The van der Waals surface area contributed by atoms with Crippen LogP contribution in [-0.2, 0) is 14.3 Å². The molecule has 0 aromatic rings. The third kappa shape index (κ3) is 5.16. The Bertz CT molecular complexity index is 172. The van der Waals surface area contributed by atoms with Crippen LogP contribution in [0.3, 0.4) is 0 Å². The van der Waals surface area contributed by atoms with Gasteiger partial charge in [-0.25, -0.2) is 0 Å². The Morgan fingerprint density at radius 1 is 1.50 bits per heavy atom. The zero-order chi connectivity index (χ0) is 11.1. The molecule has 0 saturated heterocycles. The lowest BCUT2D eigenvalue weighted by Gasteiger charge is -2.17. The predicted molar refractivity (Wildman–Crippen MR) is 51.7 cm³/mol. The molecule has 0 spiro atoms. The minimum Gasteiger partial charge on any atom is -0.459 e. The van der Waals surface area contributed by atoms with Gasteiger partial charge in [0.1, 0.15) is 12.1 Å². The molecule has 0 radical (unpaired) electrons. The third-order valence-electron chi connectivity index (χ3n) is 1.67. The first-order valence-corrected chi connectivity index (χ1v) is 4.70. The van der Waals surface area contributed by atoms with E-state index in [-0.39, 0.29) is 6.10 Å². The van der Waals surface area contributed by atoms with E-state index < -0.39 is 18.1 Å². The number of hydrogen-bond donors (Lipinski definition) is 2. The zero-order valence-corrected chi connectivity index (χ0v) is 8.90. The molecule has 0 aliphatic rings. The Morgan fingerprint density at radius 3 is 2.50 bits per heavy atom. The Hall–Kier alpha value is -0.650. The molecule has 0 fully saturated rings. The summed E-state index contributed by atoms with van der Waals surface area (Å²) in [5.41, 5.74) is 5.37. The fraction of sp³-hybridized carbons (Fsp3) is 0.889. The number of rotatable bonds is 6. The molecule has 0 aliphatic carbocycles. The lowest BCUT2D eigenvalue weighted by Crippen LogP contribution is -2.43. The summed E-state index contributed by atoms with van der Waals surface area (Å²) >= 11 is 0. The summed E-state index contributed by atoms with van der Waals surface area (Å²) < 4.78 is 9.98. The van der Waals surface area contributed by atoms with Crippen molar-refractivity contribution in [3.8, 4) is 0 Å². The second kappa shape index (κ2) is 6.75. The number of ether oxygens (including phenoxy) is 2. The average molecular weight is 205 g/mol. The Kier molecular flexibility index (Phi) is 6.44. The summed E-state index contributed by atoms with van der Waals surface area (Å²) in [6.45, 7) is 5.93. The Morgan fingerprint density at radius 2 is 2.07 bits per heavy atom. The van der Waals surface area contributed by atoms with Crippen LogP contribution in [0, 0.1) is 0 Å². The SMILES string of the molecule is CCOCC(C)OC(=O)C(N)C(C)O. The highest BCUT2D eigenvalue weighted by Crippen LogP contribution is 1.98. The number of nitrogens with two attached hydrogens (primary N) is 1. The Labute approximate surface area is 84.2 Å². The van der Waals surface area contributed by atoms with Crippen LogP contribution in [0.1, 0.15) is 20.8 Å². The van der Waals surface area contributed by atoms with Crippen molar-refractivity contribution in [2.75, 3.05) is 13.2 Å². The fourth-order valence-corrected chi connectivity index (χ4v) is 0.792. The van der Waals surface area contributed by atoms with E-state index in [2.05, 4.69) is 0 Å². The van der Waals surface area contributed by atoms with Crippen LogP contribution < -0.4 is 5.73 Å². The number of aliphatic hydroxyl groups excluding tert-OH is 1. The van der Waals surface area contributed by atoms with Crippen LogP contribution >= 0.6 is 0 Å². The topological polar surface area (TPSA) is 81.8 Å². The van der Waals surface area contributed by atoms with Crippen molar-refractivity contribution in [1.82, 2.24) is 0 Å². The lowest BCUT2D eigenvalue weighted by molar-refractivity contribution is -0.155. The lowest BCUT2D eigenvalue weighted by atomic mass is 10.2. The molecule has 0 aromatic heterocycles. The maximum absolute atomic E-state index is 11.2. The standard InChI is InChI=1S/C9H19NO4/c1-4-13-5-6(2)14-9(12)8(10)7(3)11/h6-8,11H,4-5,10H2,1-3H3. The van der Waals surface area contributed by atoms with E-state index in [1.54, 1.807) is 6.92 Å². The summed E-state index contributed by atoms with van der Waals surface area (Å²) in [7, 11) is 0. The fourth-order valence-electron chi connectivity index (χ4n) is 0.792. The van der Waals surface area contributed by atoms with Crippen LogP contribution in [0.5, 0.6) is 0 Å². The van der Waals surface area contributed by atoms with E-state index in [4.69, 9.17) is 20.3 Å². The van der Waals surface area contributed by atoms with Gasteiger partial charge in [-0.15, -0.1) is 0 Å². The second-order valence-electron chi connectivity index (χ2n) is 3.17. The largest absolute Gasteiger partial charge is 0.459 e. The third-order valence-corrected chi connectivity index (χ3v) is 1.67. The van der Waals surface area contributed by atoms with Crippen molar-refractivity contribution in [2.45, 2.75) is 39.0 Å². The van der Waals surface area contributed by atoms with E-state index in [0.717, 1.165) is 0 Å². The van der Waals surface area contributed by atoms with Crippen molar-refractivity contribution in [3.63, 3.8) is 0 Å². The van der Waals surface area contributed by atoms with E-state index >= 15 is 0 Å². The number of esters is 1. The van der Waals surface area contributed by atoms with Gasteiger partial charge in [-0.3, -0.25) is 4.79 Å². The quantitative estimate of drug-likeness (QED) is 0.580. The molecule has 14 heavy (non-hydrogen) atoms. The molecule has 0 aromatic carbocycles. The average Bonchev–Trinajstić information content (AvgIpc) is 2.13. The molecule has 0 heterocycles. The van der Waals surface area contributed by atoms with Gasteiger partial charge in [0.15, 0.2) is 0 Å². The molecular formula is C9H19NO4. The molecule has 0 bridgehead atoms. The van der Waals surface area contributed by atoms with Crippen LogP contribution in [0.4, 0.5) is 0 Å². The highest BCUT2D eigenvalue weighted by atomic mass is 16.6. The molecule has 5 nitrogen and oxygen atoms in total. The van der Waals surface area contributed by atoms with Gasteiger partial charge in [-0.1, -0.05) is 0 Å². The van der Waals surface area contributed by atoms with Gasteiger partial charge in [0, 0.05) is 6.61 Å². The van der Waals surface area contributed by atoms with Crippen LogP contribution in [-0.4, -0.2) is 42.5 Å². The van der Waals surface area contributed by atoms with Gasteiger partial charge >= 0.3 is 5.97 Å². The van der Waals surface area contributed by atoms with E-state index in [1.807, 2.05) is 6.92 Å². The van der Waals surface area contributed by atoms with Crippen LogP contribution in [0.2, 0.25) is 0 Å². The molecule has 3 atom stereocenters. The summed E-state index contributed by atoms with van der Waals surface area (Å²) in [6.07, 6.45) is -1.24.